The molecule has 1 aromatic carbocycles. The van der Waals surface area contributed by atoms with Crippen LogP contribution in [-0.4, -0.2) is 5.75 Å². The molecule has 0 saturated carbocycles. The van der Waals surface area contributed by atoms with Gasteiger partial charge in [-0.2, -0.15) is 0 Å². The summed E-state index contributed by atoms with van der Waals surface area (Å²) < 4.78 is 0. The van der Waals surface area contributed by atoms with E-state index in [1.807, 2.05) is 23.9 Å². The quantitative estimate of drug-likeness (QED) is 0.555. The smallest absolute Gasteiger partial charge is 0.0314 e. The third-order valence-corrected chi connectivity index (χ3v) is 4.15. The number of thioether (sulfide) groups is 1. The minimum Gasteiger partial charge on any atom is -0.399 e. The van der Waals surface area contributed by atoms with E-state index in [2.05, 4.69) is 26.0 Å². The van der Waals surface area contributed by atoms with Crippen molar-refractivity contribution >= 4 is 17.4 Å². The molecule has 0 aliphatic rings. The Morgan fingerprint density at radius 2 is 1.88 bits per heavy atom. The average Bonchev–Trinajstić information content (AvgIpc) is 2.32. The van der Waals surface area contributed by atoms with Crippen LogP contribution >= 0.6 is 11.8 Å². The molecule has 1 atom stereocenters. The molecule has 0 heterocycles. The zero-order chi connectivity index (χ0) is 11.8. The van der Waals surface area contributed by atoms with E-state index in [9.17, 15) is 0 Å². The summed E-state index contributed by atoms with van der Waals surface area (Å²) in [6.45, 7) is 4.56. The van der Waals surface area contributed by atoms with Crippen molar-refractivity contribution in [1.82, 2.24) is 0 Å². The standard InChI is InChI=1S/C14H23NS/c1-3-5-6-12(4-2)11-16-14-9-7-13(15)8-10-14/h7-10,12H,3-6,11,15H2,1-2H3. The maximum atomic E-state index is 5.67. The molecule has 1 unspecified atom stereocenters. The van der Waals surface area contributed by atoms with Crippen LogP contribution in [0.1, 0.15) is 39.5 Å². The van der Waals surface area contributed by atoms with Crippen LogP contribution in [0, 0.1) is 5.92 Å². The molecule has 1 nitrogen and oxygen atoms in total. The lowest BCUT2D eigenvalue weighted by Crippen LogP contribution is -2.01. The highest BCUT2D eigenvalue weighted by Crippen LogP contribution is 2.25. The highest BCUT2D eigenvalue weighted by Gasteiger charge is 2.06. The van der Waals surface area contributed by atoms with E-state index in [4.69, 9.17) is 5.73 Å². The molecule has 0 aliphatic carbocycles. The maximum Gasteiger partial charge on any atom is 0.0314 e. The second-order valence-corrected chi connectivity index (χ2v) is 5.39. The predicted molar refractivity (Wildman–Crippen MR) is 74.9 cm³/mol. The second-order valence-electron chi connectivity index (χ2n) is 4.30. The first-order chi connectivity index (χ1) is 7.76. The third-order valence-electron chi connectivity index (χ3n) is 2.91. The van der Waals surface area contributed by atoms with Crippen molar-refractivity contribution in [3.05, 3.63) is 24.3 Å². The molecule has 1 rings (SSSR count). The normalized spacial score (nSPS) is 12.6. The summed E-state index contributed by atoms with van der Waals surface area (Å²) in [5.74, 6) is 2.10. The van der Waals surface area contributed by atoms with Crippen LogP contribution < -0.4 is 5.73 Å². The third kappa shape index (κ3) is 4.93. The van der Waals surface area contributed by atoms with Gasteiger partial charge in [0.15, 0.2) is 0 Å². The van der Waals surface area contributed by atoms with E-state index in [0.717, 1.165) is 11.6 Å². The topological polar surface area (TPSA) is 26.0 Å². The summed E-state index contributed by atoms with van der Waals surface area (Å²) in [7, 11) is 0. The molecule has 0 saturated heterocycles. The summed E-state index contributed by atoms with van der Waals surface area (Å²) in [5.41, 5.74) is 6.51. The number of benzene rings is 1. The molecule has 1 aromatic rings. The first-order valence-corrected chi connectivity index (χ1v) is 7.23. The first kappa shape index (κ1) is 13.4. The Balaban J connectivity index is 2.34. The van der Waals surface area contributed by atoms with E-state index >= 15 is 0 Å². The van der Waals surface area contributed by atoms with Crippen molar-refractivity contribution in [2.75, 3.05) is 11.5 Å². The van der Waals surface area contributed by atoms with Gasteiger partial charge in [0.25, 0.3) is 0 Å². The fraction of sp³-hybridized carbons (Fsp3) is 0.571. The molecule has 0 spiro atoms. The largest absolute Gasteiger partial charge is 0.399 e. The van der Waals surface area contributed by atoms with Gasteiger partial charge in [0, 0.05) is 16.3 Å². The molecule has 0 fully saturated rings. The van der Waals surface area contributed by atoms with E-state index in [1.54, 1.807) is 0 Å². The molecule has 16 heavy (non-hydrogen) atoms. The Labute approximate surface area is 104 Å². The van der Waals surface area contributed by atoms with E-state index in [-0.39, 0.29) is 0 Å². The first-order valence-electron chi connectivity index (χ1n) is 6.24. The van der Waals surface area contributed by atoms with E-state index in [1.165, 1.54) is 36.3 Å². The summed E-state index contributed by atoms with van der Waals surface area (Å²) in [6.07, 6.45) is 5.33. The molecular weight excluding hydrogens is 214 g/mol. The Bertz CT molecular complexity index is 281. The molecule has 90 valence electrons. The van der Waals surface area contributed by atoms with Crippen molar-refractivity contribution in [2.45, 2.75) is 44.4 Å². The molecule has 2 heteroatoms. The van der Waals surface area contributed by atoms with Gasteiger partial charge in [-0.15, -0.1) is 11.8 Å². The Kier molecular flexibility index (Phi) is 6.39. The number of unbranched alkanes of at least 4 members (excludes halogenated alkanes) is 1. The van der Waals surface area contributed by atoms with Crippen molar-refractivity contribution in [2.24, 2.45) is 5.92 Å². The summed E-state index contributed by atoms with van der Waals surface area (Å²) >= 11 is 1.96. The zero-order valence-corrected chi connectivity index (χ0v) is 11.2. The maximum absolute atomic E-state index is 5.67. The van der Waals surface area contributed by atoms with E-state index < -0.39 is 0 Å². The van der Waals surface area contributed by atoms with Crippen molar-refractivity contribution in [3.8, 4) is 0 Å². The lowest BCUT2D eigenvalue weighted by molar-refractivity contribution is 0.499. The molecule has 0 bridgehead atoms. The van der Waals surface area contributed by atoms with Crippen LogP contribution in [0.5, 0.6) is 0 Å². The van der Waals surface area contributed by atoms with Crippen LogP contribution in [0.2, 0.25) is 0 Å². The number of hydrogen-bond donors (Lipinski definition) is 1. The monoisotopic (exact) mass is 237 g/mol. The van der Waals surface area contributed by atoms with Gasteiger partial charge in [0.1, 0.15) is 0 Å². The van der Waals surface area contributed by atoms with Crippen molar-refractivity contribution in [3.63, 3.8) is 0 Å². The van der Waals surface area contributed by atoms with Gasteiger partial charge in [-0.05, 0) is 36.6 Å². The summed E-state index contributed by atoms with van der Waals surface area (Å²) in [6, 6.07) is 8.20. The Morgan fingerprint density at radius 1 is 1.19 bits per heavy atom. The van der Waals surface area contributed by atoms with Gasteiger partial charge in [-0.3, -0.25) is 0 Å². The lowest BCUT2D eigenvalue weighted by atomic mass is 10.0. The number of rotatable bonds is 7. The predicted octanol–water partition coefficient (Wildman–Crippen LogP) is 4.58. The number of hydrogen-bond acceptors (Lipinski definition) is 2. The molecule has 0 radical (unpaired) electrons. The SMILES string of the molecule is CCCCC(CC)CSc1ccc(N)cc1. The molecular formula is C14H23NS. The van der Waals surface area contributed by atoms with Crippen molar-refractivity contribution in [1.29, 1.82) is 0 Å². The fourth-order valence-electron chi connectivity index (χ4n) is 1.68. The lowest BCUT2D eigenvalue weighted by Gasteiger charge is -2.13. The van der Waals surface area contributed by atoms with E-state index in [0.29, 0.717) is 0 Å². The number of nitrogens with two attached hydrogens (primary N) is 1. The van der Waals surface area contributed by atoms with Gasteiger partial charge in [0.2, 0.25) is 0 Å². The number of nitrogen functional groups attached to an aromatic ring is 1. The average molecular weight is 237 g/mol. The van der Waals surface area contributed by atoms with Crippen LogP contribution in [0.4, 0.5) is 5.69 Å². The highest BCUT2D eigenvalue weighted by atomic mass is 32.2. The number of anilines is 1. The molecule has 0 aliphatic heterocycles. The van der Waals surface area contributed by atoms with Crippen LogP contribution in [-0.2, 0) is 0 Å². The van der Waals surface area contributed by atoms with Gasteiger partial charge < -0.3 is 5.73 Å². The minimum atomic E-state index is 0.849. The zero-order valence-electron chi connectivity index (χ0n) is 10.4. The Morgan fingerprint density at radius 3 is 2.44 bits per heavy atom. The van der Waals surface area contributed by atoms with Gasteiger partial charge in [0.05, 0.1) is 0 Å². The van der Waals surface area contributed by atoms with Gasteiger partial charge >= 0.3 is 0 Å². The van der Waals surface area contributed by atoms with Crippen LogP contribution in [0.15, 0.2) is 29.2 Å². The van der Waals surface area contributed by atoms with Crippen LogP contribution in [0.25, 0.3) is 0 Å². The minimum absolute atomic E-state index is 0.849. The summed E-state index contributed by atoms with van der Waals surface area (Å²) in [4.78, 5) is 1.34. The highest BCUT2D eigenvalue weighted by molar-refractivity contribution is 7.99. The summed E-state index contributed by atoms with van der Waals surface area (Å²) in [5, 5.41) is 0. The Hall–Kier alpha value is -0.630. The molecule has 2 N–H and O–H groups in total. The van der Waals surface area contributed by atoms with Crippen LogP contribution in [0.3, 0.4) is 0 Å². The fourth-order valence-corrected chi connectivity index (χ4v) is 2.84. The van der Waals surface area contributed by atoms with Crippen molar-refractivity contribution < 1.29 is 0 Å². The van der Waals surface area contributed by atoms with Gasteiger partial charge in [-0.25, -0.2) is 0 Å². The second kappa shape index (κ2) is 7.61. The van der Waals surface area contributed by atoms with Gasteiger partial charge in [-0.1, -0.05) is 33.1 Å². The molecule has 0 aromatic heterocycles. The molecule has 0 amide bonds.